The van der Waals surface area contributed by atoms with Gasteiger partial charge in [0.1, 0.15) is 43.7 Å². The van der Waals surface area contributed by atoms with E-state index in [1.165, 1.54) is 19.2 Å². The lowest BCUT2D eigenvalue weighted by molar-refractivity contribution is -0.351. The van der Waals surface area contributed by atoms with Crippen molar-refractivity contribution in [1.29, 1.82) is 0 Å². The summed E-state index contributed by atoms with van der Waals surface area (Å²) in [6.07, 6.45) is -9.43. The summed E-state index contributed by atoms with van der Waals surface area (Å²) < 4.78 is 75.4. The number of ether oxygens (including phenoxy) is 12. The lowest BCUT2D eigenvalue weighted by atomic mass is 9.96. The van der Waals surface area contributed by atoms with Gasteiger partial charge in [-0.1, -0.05) is 117 Å². The number of hydrogen-bond donors (Lipinski definition) is 0. The van der Waals surface area contributed by atoms with Crippen LogP contribution in [0.2, 0.25) is 0 Å². The fourth-order valence-corrected chi connectivity index (χ4v) is 9.24. The highest BCUT2D eigenvalue weighted by Crippen LogP contribution is 2.41. The van der Waals surface area contributed by atoms with Gasteiger partial charge in [-0.15, -0.1) is 0 Å². The molecule has 18 heteroatoms. The largest absolute Gasteiger partial charge is 0.469 e. The van der Waals surface area contributed by atoms with Crippen molar-refractivity contribution in [2.45, 2.75) is 126 Å². The fourth-order valence-electron chi connectivity index (χ4n) is 9.24. The quantitative estimate of drug-likeness (QED) is 0.0321. The summed E-state index contributed by atoms with van der Waals surface area (Å²) in [6, 6.07) is 41.0. The smallest absolute Gasteiger partial charge is 0.338 e. The Kier molecular flexibility index (Phi) is 20.3. The molecule has 78 heavy (non-hydrogen) atoms. The highest BCUT2D eigenvalue weighted by molar-refractivity contribution is 5.91. The first-order chi connectivity index (χ1) is 37.9. The third kappa shape index (κ3) is 15.5. The molecule has 3 fully saturated rings. The predicted molar refractivity (Wildman–Crippen MR) is 277 cm³/mol. The summed E-state index contributed by atoms with van der Waals surface area (Å²) in [5, 5.41) is 0. The van der Waals surface area contributed by atoms with Crippen LogP contribution >= 0.6 is 0 Å². The number of rotatable bonds is 24. The molecule has 18 nitrogen and oxygen atoms in total. The van der Waals surface area contributed by atoms with Gasteiger partial charge in [0.15, 0.2) is 36.7 Å². The number of carbonyl (C=O) groups is 6. The van der Waals surface area contributed by atoms with E-state index < -0.39 is 110 Å². The first-order valence-electron chi connectivity index (χ1n) is 26.1. The molecule has 0 bridgehead atoms. The molecule has 0 saturated carbocycles. The SMILES string of the molecule is COC(=O)CCCCCCCCO[C@@H]1O[C@H](COC(=O)c2ccccc2)[C@@H](O[C@@H]2O[C@H](COC(=O)c3ccccc3)[C@@H]3OC(C)(C)O[C@@H]3[C@H]2OC(=O)c2ccccc2)[C@H](OC(=O)c2ccccc2)[C@H]1OC(=O)c1ccccc1. The molecule has 0 amide bonds. The van der Waals surface area contributed by atoms with Gasteiger partial charge in [0.25, 0.3) is 0 Å². The Morgan fingerprint density at radius 1 is 0.436 bits per heavy atom. The molecule has 0 aromatic heterocycles. The summed E-state index contributed by atoms with van der Waals surface area (Å²) in [4.78, 5) is 81.7. The molecule has 0 unspecified atom stereocenters. The maximum atomic E-state index is 14.5. The zero-order valence-corrected chi connectivity index (χ0v) is 43.6. The van der Waals surface area contributed by atoms with Crippen molar-refractivity contribution < 1.29 is 85.6 Å². The zero-order valence-electron chi connectivity index (χ0n) is 43.6. The van der Waals surface area contributed by atoms with Crippen LogP contribution in [0.1, 0.15) is 111 Å². The number of fused-ring (bicyclic) bond motifs is 1. The molecular weight excluding hydrogens is 1010 g/mol. The van der Waals surface area contributed by atoms with Crippen LogP contribution in [0.4, 0.5) is 0 Å². The molecule has 8 rings (SSSR count). The molecule has 3 heterocycles. The third-order valence-corrected chi connectivity index (χ3v) is 13.1. The van der Waals surface area contributed by atoms with Gasteiger partial charge in [-0.3, -0.25) is 4.79 Å². The van der Waals surface area contributed by atoms with Crippen molar-refractivity contribution >= 4 is 35.8 Å². The predicted octanol–water partition coefficient (Wildman–Crippen LogP) is 8.65. The van der Waals surface area contributed by atoms with E-state index in [4.69, 9.17) is 56.8 Å². The van der Waals surface area contributed by atoms with Gasteiger partial charge in [-0.05, 0) is 87.4 Å². The van der Waals surface area contributed by atoms with Crippen molar-refractivity contribution in [2.24, 2.45) is 0 Å². The number of esters is 6. The van der Waals surface area contributed by atoms with Crippen LogP contribution in [0.3, 0.4) is 0 Å². The van der Waals surface area contributed by atoms with Crippen molar-refractivity contribution in [3.05, 3.63) is 179 Å². The lowest BCUT2D eigenvalue weighted by Gasteiger charge is -2.48. The second-order valence-electron chi connectivity index (χ2n) is 19.2. The number of unbranched alkanes of at least 4 members (excludes halogenated alkanes) is 5. The summed E-state index contributed by atoms with van der Waals surface area (Å²) in [6.45, 7) is 2.45. The first kappa shape index (κ1) is 56.9. The van der Waals surface area contributed by atoms with Crippen LogP contribution < -0.4 is 0 Å². The standard InChI is InChI=1S/C60H64O18/c1-60(2)77-48-45(38-70-54(63)40-27-15-9-16-28-40)72-59(52(50(48)78-60)75-57(66)43-33-21-12-22-34-43)76-47-44(37-69-53(62)39-25-13-8-14-26-39)71-58(68-36-24-7-5-4-6-23-35-46(61)67-3)51(74-56(65)42-31-19-11-20-32-42)49(47)73-55(64)41-29-17-10-18-30-41/h8-22,25-34,44-45,47-52,58-59H,4-7,23-24,35-38H2,1-3H3/t44-,45-,47-,48+,49+,50+,51-,52-,58-,59+/m1/s1. The average Bonchev–Trinajstić information content (AvgIpc) is 4.04. The van der Waals surface area contributed by atoms with E-state index in [0.717, 1.165) is 25.7 Å². The summed E-state index contributed by atoms with van der Waals surface area (Å²) in [7, 11) is 1.36. The van der Waals surface area contributed by atoms with Crippen LogP contribution in [-0.2, 0) is 61.6 Å². The number of hydrogen-bond acceptors (Lipinski definition) is 18. The van der Waals surface area contributed by atoms with Gasteiger partial charge in [0, 0.05) is 13.0 Å². The zero-order chi connectivity index (χ0) is 54.9. The van der Waals surface area contributed by atoms with Gasteiger partial charge in [0.05, 0.1) is 34.9 Å². The molecule has 10 atom stereocenters. The van der Waals surface area contributed by atoms with E-state index in [9.17, 15) is 28.8 Å². The van der Waals surface area contributed by atoms with Crippen LogP contribution in [0.25, 0.3) is 0 Å². The minimum Gasteiger partial charge on any atom is -0.469 e. The van der Waals surface area contributed by atoms with Crippen LogP contribution in [0, 0.1) is 0 Å². The van der Waals surface area contributed by atoms with E-state index in [1.807, 2.05) is 0 Å². The topological polar surface area (TPSA) is 213 Å². The number of carbonyl (C=O) groups excluding carboxylic acids is 6. The van der Waals surface area contributed by atoms with Gasteiger partial charge in [-0.25, -0.2) is 24.0 Å². The fraction of sp³-hybridized carbons (Fsp3) is 0.400. The van der Waals surface area contributed by atoms with Crippen molar-refractivity contribution in [3.8, 4) is 0 Å². The molecule has 3 aliphatic rings. The van der Waals surface area contributed by atoms with E-state index in [0.29, 0.717) is 19.3 Å². The molecule has 0 radical (unpaired) electrons. The number of benzene rings is 5. The second-order valence-corrected chi connectivity index (χ2v) is 19.2. The Balaban J connectivity index is 1.17. The molecule has 3 saturated heterocycles. The Morgan fingerprint density at radius 3 is 1.32 bits per heavy atom. The van der Waals surface area contributed by atoms with Gasteiger partial charge >= 0.3 is 35.8 Å². The lowest BCUT2D eigenvalue weighted by Crippen LogP contribution is -2.66. The van der Waals surface area contributed by atoms with Crippen molar-refractivity contribution in [2.75, 3.05) is 26.9 Å². The van der Waals surface area contributed by atoms with Gasteiger partial charge in [0.2, 0.25) is 0 Å². The molecule has 0 aliphatic carbocycles. The minimum absolute atomic E-state index is 0.0798. The highest BCUT2D eigenvalue weighted by atomic mass is 16.8. The second kappa shape index (κ2) is 27.8. The Hall–Kier alpha value is -7.32. The van der Waals surface area contributed by atoms with Gasteiger partial charge < -0.3 is 56.8 Å². The van der Waals surface area contributed by atoms with Crippen LogP contribution in [0.5, 0.6) is 0 Å². The molecule has 5 aromatic rings. The first-order valence-corrected chi connectivity index (χ1v) is 26.1. The minimum atomic E-state index is -1.69. The molecule has 0 N–H and O–H groups in total. The van der Waals surface area contributed by atoms with Crippen LogP contribution in [0.15, 0.2) is 152 Å². The molecule has 412 valence electrons. The van der Waals surface area contributed by atoms with Crippen molar-refractivity contribution in [3.63, 3.8) is 0 Å². The summed E-state index contributed by atoms with van der Waals surface area (Å²) in [5.41, 5.74) is 0.937. The van der Waals surface area contributed by atoms with E-state index in [1.54, 1.807) is 153 Å². The molecule has 0 spiro atoms. The van der Waals surface area contributed by atoms with E-state index >= 15 is 0 Å². The summed E-state index contributed by atoms with van der Waals surface area (Å²) >= 11 is 0. The Morgan fingerprint density at radius 2 is 0.833 bits per heavy atom. The number of methoxy groups -OCH3 is 1. The summed E-state index contributed by atoms with van der Waals surface area (Å²) in [5.74, 6) is -5.43. The monoisotopic (exact) mass is 1070 g/mol. The van der Waals surface area contributed by atoms with Crippen molar-refractivity contribution in [1.82, 2.24) is 0 Å². The Bertz CT molecular complexity index is 2730. The average molecular weight is 1070 g/mol. The van der Waals surface area contributed by atoms with Gasteiger partial charge in [-0.2, -0.15) is 0 Å². The third-order valence-electron chi connectivity index (χ3n) is 13.1. The van der Waals surface area contributed by atoms with E-state index in [2.05, 4.69) is 0 Å². The van der Waals surface area contributed by atoms with Crippen LogP contribution in [-0.4, -0.2) is 130 Å². The normalized spacial score (nSPS) is 24.1. The maximum Gasteiger partial charge on any atom is 0.338 e. The molecule has 3 aliphatic heterocycles. The molecular formula is C60H64O18. The molecule has 5 aromatic carbocycles. The Labute approximate surface area is 452 Å². The maximum absolute atomic E-state index is 14.5. The highest BCUT2D eigenvalue weighted by Gasteiger charge is 2.60. The van der Waals surface area contributed by atoms with E-state index in [-0.39, 0.29) is 40.4 Å².